The molecule has 0 aliphatic heterocycles. The number of ether oxygens (including phenoxy) is 1. The minimum absolute atomic E-state index is 0.284. The van der Waals surface area contributed by atoms with E-state index in [9.17, 15) is 18.4 Å². The molecule has 10 nitrogen and oxygen atoms in total. The number of carbonyl (C=O) groups is 2. The second-order valence-electron chi connectivity index (χ2n) is 7.92. The summed E-state index contributed by atoms with van der Waals surface area (Å²) in [6.07, 6.45) is 0.00225. The second-order valence-corrected chi connectivity index (χ2v) is 9.73. The van der Waals surface area contributed by atoms with Gasteiger partial charge in [0.05, 0.1) is 24.5 Å². The summed E-state index contributed by atoms with van der Waals surface area (Å²) in [4.78, 5) is 31.0. The molecule has 12 heteroatoms. The van der Waals surface area contributed by atoms with E-state index < -0.39 is 29.5 Å². The highest BCUT2D eigenvalue weighted by molar-refractivity contribution is 7.74. The lowest BCUT2D eigenvalue weighted by molar-refractivity contribution is -0.123. The predicted molar refractivity (Wildman–Crippen MR) is 136 cm³/mol. The molecule has 1 unspecified atom stereocenters. The first-order chi connectivity index (χ1) is 17.2. The summed E-state index contributed by atoms with van der Waals surface area (Å²) in [5.74, 6) is -0.371. The van der Waals surface area contributed by atoms with Crippen molar-refractivity contribution in [2.24, 2.45) is 0 Å². The normalized spacial score (nSPS) is 13.3. The Balaban J connectivity index is 1.81. The maximum atomic E-state index is 13.4. The zero-order valence-corrected chi connectivity index (χ0v) is 21.6. The third kappa shape index (κ3) is 8.12. The van der Waals surface area contributed by atoms with Gasteiger partial charge in [-0.25, -0.2) is 14.0 Å². The number of hydrogen-bond donors (Lipinski definition) is 3. The standard InChI is InChI=1S/C24H28N4O6S2/c1-15-16(2)35-23(25-15)21(14-18-9-11-19(12-10-18)28-34-36(31)32)26-22(29)20(27-24(30)33-3)13-17-7-5-4-6-8-17/h4-12,20-21,28H,13-14H2,1-3H3,(H,26,29)(H,27,30)(H,31,32)/p-1/t20-,21-/m0/s1. The number of carbonyl (C=O) groups excluding carboxylic acids is 2. The average molecular weight is 532 g/mol. The van der Waals surface area contributed by atoms with E-state index in [4.69, 9.17) is 4.74 Å². The van der Waals surface area contributed by atoms with Gasteiger partial charge in [0.15, 0.2) is 0 Å². The molecule has 36 heavy (non-hydrogen) atoms. The summed E-state index contributed by atoms with van der Waals surface area (Å²) in [6, 6.07) is 15.0. The van der Waals surface area contributed by atoms with E-state index in [-0.39, 0.29) is 12.3 Å². The number of benzene rings is 2. The fourth-order valence-electron chi connectivity index (χ4n) is 3.41. The molecule has 3 rings (SSSR count). The Morgan fingerprint density at radius 3 is 2.28 bits per heavy atom. The molecule has 0 spiro atoms. The molecule has 0 saturated heterocycles. The summed E-state index contributed by atoms with van der Waals surface area (Å²) >= 11 is -1.20. The fraction of sp³-hybridized carbons (Fsp3) is 0.292. The number of anilines is 1. The Morgan fingerprint density at radius 1 is 1.03 bits per heavy atom. The minimum atomic E-state index is -2.69. The van der Waals surface area contributed by atoms with Crippen LogP contribution in [0.15, 0.2) is 54.6 Å². The van der Waals surface area contributed by atoms with E-state index in [2.05, 4.69) is 25.4 Å². The lowest BCUT2D eigenvalue weighted by Crippen LogP contribution is -2.49. The van der Waals surface area contributed by atoms with E-state index in [0.717, 1.165) is 26.7 Å². The van der Waals surface area contributed by atoms with Gasteiger partial charge in [-0.2, -0.15) is 4.28 Å². The highest BCUT2D eigenvalue weighted by atomic mass is 32.2. The van der Waals surface area contributed by atoms with Gasteiger partial charge in [-0.05, 0) is 43.5 Å². The number of nitrogens with zero attached hydrogens (tertiary/aromatic N) is 1. The van der Waals surface area contributed by atoms with Crippen LogP contribution in [0, 0.1) is 13.8 Å². The molecule has 0 radical (unpaired) electrons. The van der Waals surface area contributed by atoms with Gasteiger partial charge in [0.25, 0.3) is 0 Å². The Kier molecular flexibility index (Phi) is 9.94. The molecule has 0 aliphatic carbocycles. The van der Waals surface area contributed by atoms with Crippen molar-refractivity contribution >= 4 is 40.4 Å². The first-order valence-electron chi connectivity index (χ1n) is 11.0. The molecule has 2 aromatic carbocycles. The van der Waals surface area contributed by atoms with E-state index in [1.807, 2.05) is 44.2 Å². The molecule has 0 saturated carbocycles. The van der Waals surface area contributed by atoms with Crippen molar-refractivity contribution in [1.29, 1.82) is 0 Å². The minimum Gasteiger partial charge on any atom is -0.748 e. The van der Waals surface area contributed by atoms with Crippen LogP contribution >= 0.6 is 11.3 Å². The van der Waals surface area contributed by atoms with Gasteiger partial charge in [0.2, 0.25) is 5.91 Å². The van der Waals surface area contributed by atoms with Gasteiger partial charge in [-0.3, -0.25) is 10.3 Å². The van der Waals surface area contributed by atoms with Crippen LogP contribution in [0.1, 0.15) is 32.7 Å². The molecule has 2 amide bonds. The van der Waals surface area contributed by atoms with Crippen LogP contribution in [0.3, 0.4) is 0 Å². The van der Waals surface area contributed by atoms with Crippen LogP contribution in [0.25, 0.3) is 0 Å². The number of methoxy groups -OCH3 is 1. The number of rotatable bonds is 11. The van der Waals surface area contributed by atoms with Gasteiger partial charge in [-0.15, -0.1) is 11.3 Å². The summed E-state index contributed by atoms with van der Waals surface area (Å²) < 4.78 is 30.2. The number of aryl methyl sites for hydroxylation is 2. The number of thiazole rings is 1. The van der Waals surface area contributed by atoms with Crippen LogP contribution in [0.5, 0.6) is 0 Å². The van der Waals surface area contributed by atoms with Crippen molar-refractivity contribution in [3.8, 4) is 0 Å². The SMILES string of the molecule is COC(=O)N[C@@H](Cc1ccccc1)C(=O)N[C@@H](Cc1ccc(NOS(=O)[O-])cc1)c1nc(C)c(C)s1. The maximum absolute atomic E-state index is 13.4. The van der Waals surface area contributed by atoms with Crippen LogP contribution in [-0.4, -0.2) is 38.9 Å². The summed E-state index contributed by atoms with van der Waals surface area (Å²) in [6.45, 7) is 3.87. The summed E-state index contributed by atoms with van der Waals surface area (Å²) in [7, 11) is 1.25. The molecule has 3 atom stereocenters. The number of nitrogens with one attached hydrogen (secondary N) is 3. The van der Waals surface area contributed by atoms with Crippen LogP contribution < -0.4 is 16.1 Å². The predicted octanol–water partition coefficient (Wildman–Crippen LogP) is 3.26. The van der Waals surface area contributed by atoms with Crippen molar-refractivity contribution in [3.63, 3.8) is 0 Å². The molecule has 1 heterocycles. The highest BCUT2D eigenvalue weighted by Crippen LogP contribution is 2.26. The Labute approximate surface area is 215 Å². The third-order valence-corrected chi connectivity index (χ3v) is 6.76. The van der Waals surface area contributed by atoms with E-state index in [0.29, 0.717) is 12.1 Å². The number of amides is 2. The third-order valence-electron chi connectivity index (χ3n) is 5.36. The molecule has 1 aromatic heterocycles. The van der Waals surface area contributed by atoms with Gasteiger partial charge in [-0.1, -0.05) is 42.5 Å². The van der Waals surface area contributed by atoms with Gasteiger partial charge >= 0.3 is 6.09 Å². The molecule has 0 bridgehead atoms. The number of alkyl carbamates (subject to hydrolysis) is 1. The summed E-state index contributed by atoms with van der Waals surface area (Å²) in [5, 5.41) is 6.40. The molecule has 3 aromatic rings. The second kappa shape index (κ2) is 13.1. The molecular formula is C24H27N4O6S2-. The molecule has 3 N–H and O–H groups in total. The van der Waals surface area contributed by atoms with Crippen LogP contribution in [0.2, 0.25) is 0 Å². The maximum Gasteiger partial charge on any atom is 0.407 e. The zero-order chi connectivity index (χ0) is 26.1. The quantitative estimate of drug-likeness (QED) is 0.253. The Hall–Kier alpha value is -3.32. The van der Waals surface area contributed by atoms with Crippen molar-refractivity contribution in [3.05, 3.63) is 81.3 Å². The van der Waals surface area contributed by atoms with Gasteiger partial charge in [0, 0.05) is 11.3 Å². The van der Waals surface area contributed by atoms with E-state index >= 15 is 0 Å². The Bertz CT molecular complexity index is 1170. The largest absolute Gasteiger partial charge is 0.748 e. The van der Waals surface area contributed by atoms with Gasteiger partial charge in [0.1, 0.15) is 22.4 Å². The zero-order valence-electron chi connectivity index (χ0n) is 20.0. The summed E-state index contributed by atoms with van der Waals surface area (Å²) in [5.41, 5.74) is 5.41. The lowest BCUT2D eigenvalue weighted by Gasteiger charge is -2.22. The van der Waals surface area contributed by atoms with Crippen molar-refractivity contribution < 1.29 is 27.4 Å². The molecule has 0 aliphatic rings. The van der Waals surface area contributed by atoms with Crippen molar-refractivity contribution in [2.45, 2.75) is 38.8 Å². The lowest BCUT2D eigenvalue weighted by atomic mass is 10.0. The fourth-order valence-corrected chi connectivity index (χ4v) is 4.54. The number of aromatic nitrogens is 1. The van der Waals surface area contributed by atoms with Crippen molar-refractivity contribution in [2.75, 3.05) is 12.6 Å². The monoisotopic (exact) mass is 531 g/mol. The molecule has 192 valence electrons. The van der Waals surface area contributed by atoms with E-state index in [1.54, 1.807) is 24.3 Å². The molecule has 0 fully saturated rings. The topological polar surface area (TPSA) is 142 Å². The number of hydrogen-bond acceptors (Lipinski definition) is 9. The first kappa shape index (κ1) is 27.3. The van der Waals surface area contributed by atoms with E-state index in [1.165, 1.54) is 18.4 Å². The smallest absolute Gasteiger partial charge is 0.407 e. The average Bonchev–Trinajstić information content (AvgIpc) is 3.21. The Morgan fingerprint density at radius 2 is 1.69 bits per heavy atom. The molecular weight excluding hydrogens is 504 g/mol. The van der Waals surface area contributed by atoms with Crippen molar-refractivity contribution in [1.82, 2.24) is 15.6 Å². The van der Waals surface area contributed by atoms with Crippen LogP contribution in [-0.2, 0) is 38.0 Å². The first-order valence-corrected chi connectivity index (χ1v) is 12.8. The highest BCUT2D eigenvalue weighted by Gasteiger charge is 2.26. The van der Waals surface area contributed by atoms with Crippen LogP contribution in [0.4, 0.5) is 10.5 Å². The van der Waals surface area contributed by atoms with Gasteiger partial charge < -0.3 is 19.9 Å².